The Morgan fingerprint density at radius 2 is 2.24 bits per heavy atom. The molecule has 1 aliphatic heterocycles. The monoisotopic (exact) mass is 237 g/mol. The highest BCUT2D eigenvalue weighted by Crippen LogP contribution is 2.37. The number of primary amides is 1. The fraction of sp³-hybridized carbons (Fsp3) is 0.200. The number of carbonyl (C=O) groups is 1. The van der Waals surface area contributed by atoms with E-state index in [0.717, 1.165) is 0 Å². The molecule has 0 bridgehead atoms. The van der Waals surface area contributed by atoms with Crippen LogP contribution in [0.25, 0.3) is 0 Å². The quantitative estimate of drug-likeness (QED) is 0.588. The van der Waals surface area contributed by atoms with Gasteiger partial charge < -0.3 is 19.9 Å². The fourth-order valence-electron chi connectivity index (χ4n) is 1.38. The van der Waals surface area contributed by atoms with Gasteiger partial charge in [0.25, 0.3) is 0 Å². The van der Waals surface area contributed by atoms with Crippen LogP contribution in [0, 0.1) is 0 Å². The van der Waals surface area contributed by atoms with Crippen molar-refractivity contribution in [1.29, 1.82) is 0 Å². The second-order valence-electron chi connectivity index (χ2n) is 3.18. The summed E-state index contributed by atoms with van der Waals surface area (Å²) in [5.41, 5.74) is 7.62. The number of carbonyl (C=O) groups excluding carboxylic acids is 1. The van der Waals surface area contributed by atoms with Gasteiger partial charge in [-0.05, 0) is 6.07 Å². The Labute approximate surface area is 97.1 Å². The van der Waals surface area contributed by atoms with E-state index in [4.69, 9.17) is 19.9 Å². The molecule has 0 saturated carbocycles. The first-order valence-corrected chi connectivity index (χ1v) is 4.77. The molecule has 0 saturated heterocycles. The largest absolute Gasteiger partial charge is 0.496 e. The van der Waals surface area contributed by atoms with Crippen LogP contribution in [0.1, 0.15) is 5.56 Å². The molecule has 0 atom stereocenters. The number of ether oxygens (including phenoxy) is 3. The molecule has 1 heterocycles. The number of benzene rings is 1. The van der Waals surface area contributed by atoms with Crippen LogP contribution < -0.4 is 25.4 Å². The van der Waals surface area contributed by atoms with Crippen molar-refractivity contribution in [1.82, 2.24) is 5.43 Å². The number of methoxy groups -OCH3 is 1. The molecule has 3 N–H and O–H groups in total. The first-order valence-electron chi connectivity index (χ1n) is 4.77. The van der Waals surface area contributed by atoms with Crippen molar-refractivity contribution in [3.05, 3.63) is 17.7 Å². The molecule has 0 spiro atoms. The van der Waals surface area contributed by atoms with Gasteiger partial charge in [-0.3, -0.25) is 0 Å². The van der Waals surface area contributed by atoms with Gasteiger partial charge in [0, 0.05) is 11.6 Å². The van der Waals surface area contributed by atoms with Crippen LogP contribution in [0.15, 0.2) is 17.2 Å². The van der Waals surface area contributed by atoms with Gasteiger partial charge in [0.1, 0.15) is 5.75 Å². The van der Waals surface area contributed by atoms with Crippen molar-refractivity contribution in [2.75, 3.05) is 13.9 Å². The number of fused-ring (bicyclic) bond motifs is 1. The lowest BCUT2D eigenvalue weighted by Crippen LogP contribution is -2.24. The third kappa shape index (κ3) is 2.39. The molecule has 0 radical (unpaired) electrons. The van der Waals surface area contributed by atoms with Gasteiger partial charge in [-0.2, -0.15) is 5.10 Å². The van der Waals surface area contributed by atoms with E-state index in [-0.39, 0.29) is 6.79 Å². The molecule has 0 aliphatic carbocycles. The van der Waals surface area contributed by atoms with Crippen LogP contribution >= 0.6 is 0 Å². The summed E-state index contributed by atoms with van der Waals surface area (Å²) in [4.78, 5) is 10.5. The van der Waals surface area contributed by atoms with Crippen molar-refractivity contribution >= 4 is 12.2 Å². The topological polar surface area (TPSA) is 95.2 Å². The number of urea groups is 1. The van der Waals surface area contributed by atoms with E-state index < -0.39 is 6.03 Å². The Balaban J connectivity index is 2.26. The summed E-state index contributed by atoms with van der Waals surface area (Å²) in [7, 11) is 1.52. The van der Waals surface area contributed by atoms with E-state index in [1.807, 2.05) is 0 Å². The molecular weight excluding hydrogens is 226 g/mol. The highest BCUT2D eigenvalue weighted by molar-refractivity contribution is 5.86. The maximum Gasteiger partial charge on any atom is 0.332 e. The molecule has 1 aromatic carbocycles. The number of hydrogen-bond acceptors (Lipinski definition) is 5. The van der Waals surface area contributed by atoms with Crippen molar-refractivity contribution in [3.8, 4) is 17.2 Å². The fourth-order valence-corrected chi connectivity index (χ4v) is 1.38. The van der Waals surface area contributed by atoms with Crippen LogP contribution in [0.2, 0.25) is 0 Å². The van der Waals surface area contributed by atoms with E-state index in [9.17, 15) is 4.79 Å². The van der Waals surface area contributed by atoms with Gasteiger partial charge in [-0.15, -0.1) is 0 Å². The Kier molecular flexibility index (Phi) is 2.99. The third-order valence-corrected chi connectivity index (χ3v) is 2.10. The second kappa shape index (κ2) is 4.60. The predicted octanol–water partition coefficient (Wildman–Crippen LogP) is 0.426. The van der Waals surface area contributed by atoms with Crippen molar-refractivity contribution in [2.45, 2.75) is 0 Å². The Morgan fingerprint density at radius 3 is 2.88 bits per heavy atom. The molecule has 1 aromatic rings. The minimum absolute atomic E-state index is 0.179. The number of nitrogens with zero attached hydrogens (tertiary/aromatic N) is 1. The van der Waals surface area contributed by atoms with Crippen LogP contribution in [0.5, 0.6) is 17.2 Å². The van der Waals surface area contributed by atoms with Crippen LogP contribution in [-0.4, -0.2) is 26.1 Å². The van der Waals surface area contributed by atoms with Crippen molar-refractivity contribution < 1.29 is 19.0 Å². The number of nitrogens with two attached hydrogens (primary N) is 1. The van der Waals surface area contributed by atoms with Gasteiger partial charge in [-0.25, -0.2) is 10.2 Å². The zero-order valence-corrected chi connectivity index (χ0v) is 9.10. The van der Waals surface area contributed by atoms with Crippen LogP contribution in [-0.2, 0) is 0 Å². The molecule has 17 heavy (non-hydrogen) atoms. The summed E-state index contributed by atoms with van der Waals surface area (Å²) in [5.74, 6) is 1.78. The molecule has 2 amide bonds. The highest BCUT2D eigenvalue weighted by Gasteiger charge is 2.16. The number of rotatable bonds is 3. The maximum absolute atomic E-state index is 10.5. The molecule has 0 unspecified atom stereocenters. The molecule has 1 aliphatic rings. The van der Waals surface area contributed by atoms with E-state index >= 15 is 0 Å². The summed E-state index contributed by atoms with van der Waals surface area (Å²) in [6.45, 7) is 0.179. The minimum atomic E-state index is -0.735. The summed E-state index contributed by atoms with van der Waals surface area (Å²) in [6, 6.07) is 2.65. The summed E-state index contributed by atoms with van der Waals surface area (Å²) in [5, 5.41) is 3.65. The zero-order chi connectivity index (χ0) is 12.3. The highest BCUT2D eigenvalue weighted by atomic mass is 16.7. The van der Waals surface area contributed by atoms with E-state index in [2.05, 4.69) is 10.5 Å². The second-order valence-corrected chi connectivity index (χ2v) is 3.18. The molecular formula is C10H11N3O4. The lowest BCUT2D eigenvalue weighted by atomic mass is 10.2. The van der Waals surface area contributed by atoms with Crippen molar-refractivity contribution in [2.24, 2.45) is 10.8 Å². The van der Waals surface area contributed by atoms with Crippen LogP contribution in [0.3, 0.4) is 0 Å². The van der Waals surface area contributed by atoms with Crippen LogP contribution in [0.4, 0.5) is 4.79 Å². The smallest absolute Gasteiger partial charge is 0.332 e. The predicted molar refractivity (Wildman–Crippen MR) is 59.4 cm³/mol. The van der Waals surface area contributed by atoms with Gasteiger partial charge in [-0.1, -0.05) is 0 Å². The number of amides is 2. The van der Waals surface area contributed by atoms with E-state index in [0.29, 0.717) is 22.8 Å². The third-order valence-electron chi connectivity index (χ3n) is 2.10. The Morgan fingerprint density at radius 1 is 1.53 bits per heavy atom. The first-order chi connectivity index (χ1) is 8.20. The normalized spacial score (nSPS) is 12.8. The molecule has 7 nitrogen and oxygen atoms in total. The van der Waals surface area contributed by atoms with Gasteiger partial charge in [0.15, 0.2) is 11.5 Å². The van der Waals surface area contributed by atoms with E-state index in [1.165, 1.54) is 13.3 Å². The number of nitrogens with one attached hydrogen (secondary N) is 1. The molecule has 90 valence electrons. The summed E-state index contributed by atoms with van der Waals surface area (Å²) < 4.78 is 15.6. The molecule has 2 rings (SSSR count). The number of hydrogen-bond donors (Lipinski definition) is 2. The van der Waals surface area contributed by atoms with Crippen molar-refractivity contribution in [3.63, 3.8) is 0 Å². The Bertz CT molecular complexity index is 473. The SMILES string of the molecule is COc1cc2c(cc1/C=N/NC(N)=O)OCO2. The van der Waals surface area contributed by atoms with Gasteiger partial charge >= 0.3 is 6.03 Å². The first kappa shape index (κ1) is 11.1. The molecule has 7 heteroatoms. The summed E-state index contributed by atoms with van der Waals surface area (Å²) >= 11 is 0. The van der Waals surface area contributed by atoms with Gasteiger partial charge in [0.05, 0.1) is 13.3 Å². The zero-order valence-electron chi connectivity index (χ0n) is 9.10. The number of hydrazone groups is 1. The maximum atomic E-state index is 10.5. The Hall–Kier alpha value is -2.44. The van der Waals surface area contributed by atoms with Gasteiger partial charge in [0.2, 0.25) is 6.79 Å². The lowest BCUT2D eigenvalue weighted by Gasteiger charge is -2.05. The molecule has 0 fully saturated rings. The lowest BCUT2D eigenvalue weighted by molar-refractivity contribution is 0.174. The summed E-state index contributed by atoms with van der Waals surface area (Å²) in [6.07, 6.45) is 1.41. The van der Waals surface area contributed by atoms with E-state index in [1.54, 1.807) is 12.1 Å². The minimum Gasteiger partial charge on any atom is -0.496 e. The average Bonchev–Trinajstić information content (AvgIpc) is 2.74. The standard InChI is InChI=1S/C10H11N3O4/c1-15-7-3-9-8(16-5-17-9)2-6(7)4-12-13-10(11)14/h2-4H,5H2,1H3,(H3,11,13,14)/b12-4+. The average molecular weight is 237 g/mol. The molecule has 0 aromatic heterocycles.